The Kier molecular flexibility index (Phi) is 5.52. The van der Waals surface area contributed by atoms with Crippen LogP contribution in [0.25, 0.3) is 32.9 Å². The summed E-state index contributed by atoms with van der Waals surface area (Å²) in [5, 5.41) is 3.66. The number of nitrogens with zero attached hydrogens (tertiary/aromatic N) is 1. The van der Waals surface area contributed by atoms with Crippen LogP contribution in [0.1, 0.15) is 13.3 Å². The number of ether oxygens (including phenoxy) is 1. The summed E-state index contributed by atoms with van der Waals surface area (Å²) in [5.41, 5.74) is 10.2. The van der Waals surface area contributed by atoms with Gasteiger partial charge in [-0.25, -0.2) is 0 Å². The number of anilines is 1. The molecule has 138 valence electrons. The second-order valence-corrected chi connectivity index (χ2v) is 6.60. The highest BCUT2D eigenvalue weighted by Gasteiger charge is 2.20. The third-order valence-electron chi connectivity index (χ3n) is 4.79. The number of benzene rings is 3. The fourth-order valence-corrected chi connectivity index (χ4v) is 3.55. The van der Waals surface area contributed by atoms with Crippen LogP contribution in [0.15, 0.2) is 66.7 Å². The minimum atomic E-state index is 0. The van der Waals surface area contributed by atoms with Gasteiger partial charge < -0.3 is 22.9 Å². The van der Waals surface area contributed by atoms with Crippen molar-refractivity contribution in [2.24, 2.45) is 7.05 Å². The van der Waals surface area contributed by atoms with Crippen LogP contribution < -0.4 is 27.4 Å². The van der Waals surface area contributed by atoms with E-state index < -0.39 is 0 Å². The van der Waals surface area contributed by atoms with Gasteiger partial charge in [0.15, 0.2) is 0 Å². The van der Waals surface area contributed by atoms with Gasteiger partial charge in [-0.05, 0) is 55.0 Å². The molecular formula is C23H23ClN2O. The van der Waals surface area contributed by atoms with Crippen LogP contribution in [-0.2, 0) is 7.05 Å². The van der Waals surface area contributed by atoms with E-state index in [0.717, 1.165) is 30.0 Å². The summed E-state index contributed by atoms with van der Waals surface area (Å²) in [4.78, 5) is 0. The van der Waals surface area contributed by atoms with Crippen LogP contribution in [0.4, 0.5) is 5.69 Å². The van der Waals surface area contributed by atoms with Crippen LogP contribution in [0.5, 0.6) is 5.75 Å². The lowest BCUT2D eigenvalue weighted by Gasteiger charge is -2.12. The van der Waals surface area contributed by atoms with E-state index in [2.05, 4.69) is 73.1 Å². The van der Waals surface area contributed by atoms with Gasteiger partial charge >= 0.3 is 0 Å². The Balaban J connectivity index is 0.00000210. The molecule has 0 aliphatic rings. The molecule has 0 atom stereocenters. The van der Waals surface area contributed by atoms with Crippen molar-refractivity contribution in [2.75, 3.05) is 12.3 Å². The maximum atomic E-state index is 5.90. The molecule has 0 saturated carbocycles. The Labute approximate surface area is 165 Å². The number of nitrogen functional groups attached to an aromatic ring is 1. The molecule has 0 bridgehead atoms. The first-order chi connectivity index (χ1) is 12.7. The molecule has 4 rings (SSSR count). The van der Waals surface area contributed by atoms with E-state index in [-0.39, 0.29) is 12.4 Å². The van der Waals surface area contributed by atoms with E-state index in [0.29, 0.717) is 0 Å². The van der Waals surface area contributed by atoms with Gasteiger partial charge in [0.05, 0.1) is 17.4 Å². The molecule has 0 radical (unpaired) electrons. The van der Waals surface area contributed by atoms with E-state index in [1.807, 2.05) is 12.1 Å². The quantitative estimate of drug-likeness (QED) is 0.334. The number of aryl methyl sites for hydroxylation is 1. The molecule has 1 heterocycles. The van der Waals surface area contributed by atoms with E-state index >= 15 is 0 Å². The van der Waals surface area contributed by atoms with Crippen LogP contribution in [0, 0.1) is 0 Å². The zero-order valence-electron chi connectivity index (χ0n) is 15.6. The molecule has 0 saturated heterocycles. The number of rotatable bonds is 4. The lowest BCUT2D eigenvalue weighted by Crippen LogP contribution is -3.00. The van der Waals surface area contributed by atoms with Crippen LogP contribution >= 0.6 is 0 Å². The smallest absolute Gasteiger partial charge is 0.220 e. The summed E-state index contributed by atoms with van der Waals surface area (Å²) >= 11 is 0. The first-order valence-electron chi connectivity index (χ1n) is 9.02. The number of fused-ring (bicyclic) bond motifs is 3. The molecule has 4 aromatic rings. The van der Waals surface area contributed by atoms with Gasteiger partial charge in [0.2, 0.25) is 11.2 Å². The fraction of sp³-hybridized carbons (Fsp3) is 0.174. The maximum absolute atomic E-state index is 5.90. The zero-order valence-corrected chi connectivity index (χ0v) is 16.3. The van der Waals surface area contributed by atoms with Crippen molar-refractivity contribution in [3.63, 3.8) is 0 Å². The normalized spacial score (nSPS) is 10.7. The molecule has 0 aliphatic carbocycles. The second-order valence-electron chi connectivity index (χ2n) is 6.60. The predicted octanol–water partition coefficient (Wildman–Crippen LogP) is 1.86. The van der Waals surface area contributed by atoms with Gasteiger partial charge in [0.1, 0.15) is 12.8 Å². The molecule has 0 fully saturated rings. The molecule has 0 aliphatic heterocycles. The molecule has 4 heteroatoms. The molecular weight excluding hydrogens is 356 g/mol. The van der Waals surface area contributed by atoms with Gasteiger partial charge in [-0.2, -0.15) is 4.57 Å². The molecule has 0 spiro atoms. The monoisotopic (exact) mass is 378 g/mol. The lowest BCUT2D eigenvalue weighted by molar-refractivity contribution is -0.632. The number of halogens is 1. The van der Waals surface area contributed by atoms with Gasteiger partial charge in [-0.3, -0.25) is 0 Å². The summed E-state index contributed by atoms with van der Waals surface area (Å²) in [6.45, 7) is 2.84. The summed E-state index contributed by atoms with van der Waals surface area (Å²) in [5.74, 6) is 0.909. The van der Waals surface area contributed by atoms with E-state index in [4.69, 9.17) is 10.5 Å². The number of pyridine rings is 1. The second kappa shape index (κ2) is 7.85. The standard InChI is InChI=1S/C23H22N2O.ClH/c1-3-14-26-18-12-13-19-20-6-4-5-7-22(20)25(2)23(21(19)15-18)16-8-10-17(24)11-9-16;/h4-13,15,24H,3,14H2,1-2H3;1H. The summed E-state index contributed by atoms with van der Waals surface area (Å²) in [7, 11) is 2.12. The first kappa shape index (κ1) is 19.0. The van der Waals surface area contributed by atoms with Crippen molar-refractivity contribution in [1.29, 1.82) is 0 Å². The van der Waals surface area contributed by atoms with Crippen molar-refractivity contribution in [2.45, 2.75) is 13.3 Å². The van der Waals surface area contributed by atoms with Crippen LogP contribution in [0.3, 0.4) is 0 Å². The maximum Gasteiger partial charge on any atom is 0.220 e. The minimum Gasteiger partial charge on any atom is -1.00 e. The lowest BCUT2D eigenvalue weighted by atomic mass is 9.99. The van der Waals surface area contributed by atoms with Gasteiger partial charge in [-0.1, -0.05) is 19.1 Å². The third-order valence-corrected chi connectivity index (χ3v) is 4.79. The van der Waals surface area contributed by atoms with Gasteiger partial charge in [-0.15, -0.1) is 0 Å². The average molecular weight is 379 g/mol. The number of para-hydroxylation sites is 1. The first-order valence-corrected chi connectivity index (χ1v) is 9.02. The SMILES string of the molecule is CCCOc1ccc2c(c1)c(-c1ccc(N)cc1)[n+](C)c1ccccc21.[Cl-]. The molecule has 3 aromatic carbocycles. The van der Waals surface area contributed by atoms with E-state index in [9.17, 15) is 0 Å². The fourth-order valence-electron chi connectivity index (χ4n) is 3.55. The Morgan fingerprint density at radius 2 is 1.63 bits per heavy atom. The highest BCUT2D eigenvalue weighted by Crippen LogP contribution is 2.33. The van der Waals surface area contributed by atoms with Crippen molar-refractivity contribution < 1.29 is 21.7 Å². The average Bonchev–Trinajstić information content (AvgIpc) is 2.68. The van der Waals surface area contributed by atoms with E-state index in [1.54, 1.807) is 0 Å². The number of nitrogens with two attached hydrogens (primary N) is 1. The Hall–Kier alpha value is -2.78. The highest BCUT2D eigenvalue weighted by molar-refractivity contribution is 6.09. The molecule has 0 amide bonds. The Morgan fingerprint density at radius 1 is 0.889 bits per heavy atom. The van der Waals surface area contributed by atoms with Crippen molar-refractivity contribution in [1.82, 2.24) is 0 Å². The molecule has 3 nitrogen and oxygen atoms in total. The zero-order chi connectivity index (χ0) is 18.1. The summed E-state index contributed by atoms with van der Waals surface area (Å²) in [6.07, 6.45) is 0.994. The molecule has 27 heavy (non-hydrogen) atoms. The van der Waals surface area contributed by atoms with Crippen LogP contribution in [0.2, 0.25) is 0 Å². The Bertz CT molecular complexity index is 1090. The molecule has 1 aromatic heterocycles. The number of aromatic nitrogens is 1. The molecule has 2 N–H and O–H groups in total. The summed E-state index contributed by atoms with van der Waals surface area (Å²) < 4.78 is 8.15. The Morgan fingerprint density at radius 3 is 2.37 bits per heavy atom. The number of hydrogen-bond donors (Lipinski definition) is 1. The molecule has 0 unspecified atom stereocenters. The topological polar surface area (TPSA) is 39.1 Å². The highest BCUT2D eigenvalue weighted by atomic mass is 35.5. The van der Waals surface area contributed by atoms with Crippen molar-refractivity contribution in [3.8, 4) is 17.0 Å². The van der Waals surface area contributed by atoms with E-state index in [1.165, 1.54) is 27.4 Å². The number of hydrogen-bond acceptors (Lipinski definition) is 2. The van der Waals surface area contributed by atoms with Crippen molar-refractivity contribution in [3.05, 3.63) is 66.7 Å². The van der Waals surface area contributed by atoms with Gasteiger partial charge in [0, 0.05) is 22.7 Å². The van der Waals surface area contributed by atoms with Crippen LogP contribution in [-0.4, -0.2) is 6.61 Å². The third kappa shape index (κ3) is 3.43. The van der Waals surface area contributed by atoms with Gasteiger partial charge in [0.25, 0.3) is 0 Å². The summed E-state index contributed by atoms with van der Waals surface area (Å²) in [6, 6.07) is 23.0. The van der Waals surface area contributed by atoms with Crippen molar-refractivity contribution >= 4 is 27.4 Å². The predicted molar refractivity (Wildman–Crippen MR) is 108 cm³/mol. The largest absolute Gasteiger partial charge is 1.00 e. The minimum absolute atomic E-state index is 0.